The molecule has 0 amide bonds. The van der Waals surface area contributed by atoms with Gasteiger partial charge in [0, 0.05) is 0 Å². The van der Waals surface area contributed by atoms with Crippen molar-refractivity contribution < 1.29 is 123 Å². The Labute approximate surface area is 210 Å². The van der Waals surface area contributed by atoms with Crippen LogP contribution in [-0.4, -0.2) is 11.9 Å². The maximum atomic E-state index is 11.4. The number of aliphatic carboxylic acids is 2. The third-order valence-electron chi connectivity index (χ3n) is 3.37. The van der Waals surface area contributed by atoms with Gasteiger partial charge >= 0.3 is 103 Å². The molecule has 0 aliphatic heterocycles. The fourth-order valence-corrected chi connectivity index (χ4v) is 2.21. The molecular formula is C15H18K2O4. The van der Waals surface area contributed by atoms with Crippen molar-refractivity contribution in [2.24, 2.45) is 0 Å². The molecule has 0 spiro atoms. The third-order valence-corrected chi connectivity index (χ3v) is 3.37. The first-order valence-electron chi connectivity index (χ1n) is 6.54. The Morgan fingerprint density at radius 3 is 1.90 bits per heavy atom. The van der Waals surface area contributed by atoms with Crippen LogP contribution < -0.4 is 113 Å². The van der Waals surface area contributed by atoms with E-state index < -0.39 is 17.4 Å². The van der Waals surface area contributed by atoms with Crippen LogP contribution >= 0.6 is 0 Å². The first-order valence-corrected chi connectivity index (χ1v) is 6.54. The number of carboxylic acids is 2. The topological polar surface area (TPSA) is 80.3 Å². The van der Waals surface area contributed by atoms with Crippen molar-refractivity contribution in [1.82, 2.24) is 0 Å². The van der Waals surface area contributed by atoms with Crippen LogP contribution in [0.25, 0.3) is 0 Å². The summed E-state index contributed by atoms with van der Waals surface area (Å²) >= 11 is 0. The molecule has 6 heteroatoms. The SMILES string of the molecule is CCCCCCC(C(=O)[O-])(C(=O)[O-])c1ccccc1.[K+].[K+]. The molecule has 4 nitrogen and oxygen atoms in total. The Hall–Kier alpha value is 1.43. The molecule has 0 unspecified atom stereocenters. The van der Waals surface area contributed by atoms with Gasteiger partial charge in [-0.15, -0.1) is 0 Å². The number of carbonyl (C=O) groups excluding carboxylic acids is 2. The summed E-state index contributed by atoms with van der Waals surface area (Å²) in [5.74, 6) is -3.20. The van der Waals surface area contributed by atoms with Crippen LogP contribution in [-0.2, 0) is 15.0 Å². The van der Waals surface area contributed by atoms with Gasteiger partial charge in [0.1, 0.15) is 0 Å². The Kier molecular flexibility index (Phi) is 15.1. The second-order valence-electron chi connectivity index (χ2n) is 4.66. The van der Waals surface area contributed by atoms with Crippen molar-refractivity contribution in [2.75, 3.05) is 0 Å². The van der Waals surface area contributed by atoms with Crippen molar-refractivity contribution in [2.45, 2.75) is 44.4 Å². The van der Waals surface area contributed by atoms with E-state index in [0.29, 0.717) is 6.42 Å². The fourth-order valence-electron chi connectivity index (χ4n) is 2.21. The third kappa shape index (κ3) is 6.83. The summed E-state index contributed by atoms with van der Waals surface area (Å²) in [5, 5.41) is 22.8. The number of hydrogen-bond donors (Lipinski definition) is 0. The molecule has 0 saturated heterocycles. The van der Waals surface area contributed by atoms with Crippen LogP contribution in [0.1, 0.15) is 44.6 Å². The Morgan fingerprint density at radius 1 is 0.952 bits per heavy atom. The smallest absolute Gasteiger partial charge is 0.549 e. The predicted molar refractivity (Wildman–Crippen MR) is 66.9 cm³/mol. The van der Waals surface area contributed by atoms with E-state index in [0.717, 1.165) is 19.3 Å². The van der Waals surface area contributed by atoms with Crippen LogP contribution in [0.2, 0.25) is 0 Å². The van der Waals surface area contributed by atoms with Crippen molar-refractivity contribution in [3.8, 4) is 0 Å². The van der Waals surface area contributed by atoms with E-state index in [1.54, 1.807) is 18.2 Å². The van der Waals surface area contributed by atoms with Gasteiger partial charge in [-0.2, -0.15) is 0 Å². The van der Waals surface area contributed by atoms with E-state index in [4.69, 9.17) is 0 Å². The average Bonchev–Trinajstić information content (AvgIpc) is 2.39. The van der Waals surface area contributed by atoms with Gasteiger partial charge in [-0.3, -0.25) is 0 Å². The molecule has 0 saturated carbocycles. The summed E-state index contributed by atoms with van der Waals surface area (Å²) in [6.45, 7) is 2.03. The molecule has 0 atom stereocenters. The van der Waals surface area contributed by atoms with Crippen molar-refractivity contribution in [1.29, 1.82) is 0 Å². The number of rotatable bonds is 8. The van der Waals surface area contributed by atoms with E-state index in [9.17, 15) is 19.8 Å². The Balaban J connectivity index is 0. The first kappa shape index (κ1) is 24.7. The minimum Gasteiger partial charge on any atom is -0.549 e. The molecule has 1 aromatic carbocycles. The second kappa shape index (κ2) is 12.8. The standard InChI is InChI=1S/C15H20O4.2K/c1-2-3-4-8-11-15(13(16)17,14(18)19)12-9-6-5-7-10-12;;/h5-7,9-10H,2-4,8,11H2,1H3,(H,16,17)(H,18,19);;/q;2*+1/p-2. The summed E-state index contributed by atoms with van der Waals surface area (Å²) in [6, 6.07) is 7.91. The zero-order chi connectivity index (χ0) is 14.3. The van der Waals surface area contributed by atoms with Crippen LogP contribution in [0, 0.1) is 0 Å². The summed E-state index contributed by atoms with van der Waals surface area (Å²) in [5.41, 5.74) is -1.83. The molecule has 0 aliphatic rings. The molecule has 1 rings (SSSR count). The van der Waals surface area contributed by atoms with Gasteiger partial charge in [0.05, 0.1) is 17.4 Å². The van der Waals surface area contributed by atoms with Gasteiger partial charge < -0.3 is 19.8 Å². The van der Waals surface area contributed by atoms with E-state index >= 15 is 0 Å². The largest absolute Gasteiger partial charge is 1.00 e. The minimum absolute atomic E-state index is 0. The van der Waals surface area contributed by atoms with Crippen molar-refractivity contribution in [3.05, 3.63) is 35.9 Å². The monoisotopic (exact) mass is 340 g/mol. The Bertz CT molecular complexity index is 421. The number of carboxylic acid groups (broad SMARTS) is 2. The molecule has 0 aromatic heterocycles. The van der Waals surface area contributed by atoms with E-state index in [2.05, 4.69) is 0 Å². The summed E-state index contributed by atoms with van der Waals surface area (Å²) < 4.78 is 0. The van der Waals surface area contributed by atoms with E-state index in [1.165, 1.54) is 12.1 Å². The van der Waals surface area contributed by atoms with Crippen LogP contribution in [0.15, 0.2) is 30.3 Å². The number of benzene rings is 1. The predicted octanol–water partition coefficient (Wildman–Crippen LogP) is -5.60. The number of carbonyl (C=O) groups is 2. The van der Waals surface area contributed by atoms with Gasteiger partial charge in [-0.1, -0.05) is 62.9 Å². The van der Waals surface area contributed by atoms with Gasteiger partial charge in [-0.25, -0.2) is 0 Å². The molecule has 21 heavy (non-hydrogen) atoms. The maximum Gasteiger partial charge on any atom is 1.00 e. The minimum atomic E-state index is -2.05. The maximum absolute atomic E-state index is 11.4. The van der Waals surface area contributed by atoms with Gasteiger partial charge in [0.2, 0.25) is 0 Å². The van der Waals surface area contributed by atoms with Gasteiger partial charge in [0.15, 0.2) is 0 Å². The molecule has 0 N–H and O–H groups in total. The Morgan fingerprint density at radius 2 is 1.48 bits per heavy atom. The number of hydrogen-bond acceptors (Lipinski definition) is 4. The molecule has 0 radical (unpaired) electrons. The van der Waals surface area contributed by atoms with Gasteiger partial charge in [0.25, 0.3) is 0 Å². The zero-order valence-corrected chi connectivity index (χ0v) is 19.3. The fraction of sp³-hybridized carbons (Fsp3) is 0.467. The first-order chi connectivity index (χ1) is 9.05. The summed E-state index contributed by atoms with van der Waals surface area (Å²) in [7, 11) is 0. The van der Waals surface area contributed by atoms with Gasteiger partial charge in [-0.05, 0) is 12.0 Å². The number of unbranched alkanes of at least 4 members (excludes halogenated alkanes) is 3. The summed E-state index contributed by atoms with van der Waals surface area (Å²) in [4.78, 5) is 22.8. The molecule has 0 aliphatic carbocycles. The average molecular weight is 341 g/mol. The quantitative estimate of drug-likeness (QED) is 0.268. The van der Waals surface area contributed by atoms with E-state index in [1.807, 2.05) is 6.92 Å². The van der Waals surface area contributed by atoms with Crippen LogP contribution in [0.5, 0.6) is 0 Å². The van der Waals surface area contributed by atoms with E-state index in [-0.39, 0.29) is 115 Å². The second-order valence-corrected chi connectivity index (χ2v) is 4.66. The molecule has 0 fully saturated rings. The summed E-state index contributed by atoms with van der Waals surface area (Å²) in [6.07, 6.45) is 3.26. The molecule has 104 valence electrons. The van der Waals surface area contributed by atoms with Crippen molar-refractivity contribution in [3.63, 3.8) is 0 Å². The molecule has 0 heterocycles. The molecule has 0 bridgehead atoms. The normalized spacial score (nSPS) is 10.1. The molecule has 1 aromatic rings. The van der Waals surface area contributed by atoms with Crippen LogP contribution in [0.4, 0.5) is 0 Å². The van der Waals surface area contributed by atoms with Crippen molar-refractivity contribution >= 4 is 11.9 Å². The zero-order valence-electron chi connectivity index (χ0n) is 13.1. The van der Waals surface area contributed by atoms with Crippen LogP contribution in [0.3, 0.4) is 0 Å². The molecular weight excluding hydrogens is 322 g/mol.